The van der Waals surface area contributed by atoms with E-state index in [2.05, 4.69) is 0 Å². The Kier molecular flexibility index (Phi) is 4.89. The van der Waals surface area contributed by atoms with Gasteiger partial charge >= 0.3 is 5.97 Å². The maximum absolute atomic E-state index is 13.5. The molecule has 4 rings (SSSR count). The molecule has 0 aromatic heterocycles. The molecule has 0 saturated carbocycles. The molecular weight excluding hydrogens is 386 g/mol. The summed E-state index contributed by atoms with van der Waals surface area (Å²) >= 11 is 6.06. The van der Waals surface area contributed by atoms with Crippen LogP contribution in [0.1, 0.15) is 40.0 Å². The van der Waals surface area contributed by atoms with Crippen molar-refractivity contribution in [2.24, 2.45) is 0 Å². The molecule has 3 aromatic rings. The minimum Gasteiger partial charge on any atom is -0.481 e. The van der Waals surface area contributed by atoms with E-state index in [-0.39, 0.29) is 5.91 Å². The van der Waals surface area contributed by atoms with Crippen molar-refractivity contribution in [3.8, 4) is 0 Å². The highest BCUT2D eigenvalue weighted by Crippen LogP contribution is 2.48. The summed E-state index contributed by atoms with van der Waals surface area (Å²) in [5.41, 5.74) is 1.32. The number of hydrogen-bond donors (Lipinski definition) is 1. The van der Waals surface area contributed by atoms with Crippen molar-refractivity contribution >= 4 is 23.5 Å². The lowest BCUT2D eigenvalue weighted by atomic mass is 9.68. The molecule has 1 amide bonds. The molecule has 1 aliphatic rings. The average molecular weight is 406 g/mol. The van der Waals surface area contributed by atoms with E-state index in [0.29, 0.717) is 22.7 Å². The number of amides is 1. The summed E-state index contributed by atoms with van der Waals surface area (Å²) in [4.78, 5) is 27.8. The van der Waals surface area contributed by atoms with Crippen LogP contribution in [-0.2, 0) is 16.8 Å². The van der Waals surface area contributed by atoms with E-state index in [4.69, 9.17) is 11.6 Å². The van der Waals surface area contributed by atoms with Crippen molar-refractivity contribution in [2.75, 3.05) is 0 Å². The molecule has 0 unspecified atom stereocenters. The Bertz CT molecular complexity index is 1060. The molecule has 2 atom stereocenters. The molecule has 1 heterocycles. The molecular formula is C24H20ClNO3. The first kappa shape index (κ1) is 19.2. The highest BCUT2D eigenvalue weighted by atomic mass is 35.5. The number of halogens is 1. The molecule has 1 N–H and O–H groups in total. The van der Waals surface area contributed by atoms with Crippen LogP contribution < -0.4 is 0 Å². The third-order valence-corrected chi connectivity index (χ3v) is 5.91. The molecule has 4 nitrogen and oxygen atoms in total. The van der Waals surface area contributed by atoms with Gasteiger partial charge in [0.25, 0.3) is 5.91 Å². The third-order valence-electron chi connectivity index (χ3n) is 5.66. The fourth-order valence-electron chi connectivity index (χ4n) is 4.19. The van der Waals surface area contributed by atoms with Gasteiger partial charge < -0.3 is 10.0 Å². The number of hydrogen-bond acceptors (Lipinski definition) is 2. The van der Waals surface area contributed by atoms with Crippen molar-refractivity contribution in [2.45, 2.75) is 24.9 Å². The lowest BCUT2D eigenvalue weighted by Crippen LogP contribution is -2.53. The number of benzene rings is 3. The SMILES string of the molecule is C[C@@]1(C(=O)O)c2ccccc2C(=O)N(Cc2ccccc2)[C@@H]1c1ccc(Cl)cc1. The van der Waals surface area contributed by atoms with E-state index in [1.807, 2.05) is 30.3 Å². The van der Waals surface area contributed by atoms with Crippen molar-refractivity contribution in [1.29, 1.82) is 0 Å². The predicted molar refractivity (Wildman–Crippen MR) is 112 cm³/mol. The zero-order valence-electron chi connectivity index (χ0n) is 15.9. The Balaban J connectivity index is 1.95. The van der Waals surface area contributed by atoms with Gasteiger partial charge in [-0.15, -0.1) is 0 Å². The fraction of sp³-hybridized carbons (Fsp3) is 0.167. The second-order valence-electron chi connectivity index (χ2n) is 7.43. The summed E-state index contributed by atoms with van der Waals surface area (Å²) in [5.74, 6) is -1.15. The summed E-state index contributed by atoms with van der Waals surface area (Å²) in [7, 11) is 0. The smallest absolute Gasteiger partial charge is 0.316 e. The van der Waals surface area contributed by atoms with Crippen LogP contribution in [0.25, 0.3) is 0 Å². The number of carbonyl (C=O) groups is 2. The zero-order valence-corrected chi connectivity index (χ0v) is 16.6. The number of aliphatic carboxylic acids is 1. The van der Waals surface area contributed by atoms with Gasteiger partial charge in [0.15, 0.2) is 0 Å². The lowest BCUT2D eigenvalue weighted by Gasteiger charge is -2.47. The van der Waals surface area contributed by atoms with Gasteiger partial charge in [0.2, 0.25) is 0 Å². The molecule has 0 saturated heterocycles. The van der Waals surface area contributed by atoms with Crippen LogP contribution in [0.5, 0.6) is 0 Å². The standard InChI is InChI=1S/C24H20ClNO3/c1-24(23(28)29)20-10-6-5-9-19(20)22(27)26(15-16-7-3-2-4-8-16)21(24)17-11-13-18(25)14-12-17/h2-14,21H,15H2,1H3,(H,28,29)/t21-,24-/m1/s1. The first-order chi connectivity index (χ1) is 13.9. The first-order valence-electron chi connectivity index (χ1n) is 9.36. The molecule has 29 heavy (non-hydrogen) atoms. The Morgan fingerprint density at radius 1 is 1.00 bits per heavy atom. The van der Waals surface area contributed by atoms with Gasteiger partial charge in [-0.05, 0) is 41.8 Å². The summed E-state index contributed by atoms with van der Waals surface area (Å²) in [6, 6.07) is 23.0. The number of rotatable bonds is 4. The van der Waals surface area contributed by atoms with Crippen LogP contribution in [0.15, 0.2) is 78.9 Å². The quantitative estimate of drug-likeness (QED) is 0.658. The van der Waals surface area contributed by atoms with Crippen molar-refractivity contribution in [3.63, 3.8) is 0 Å². The van der Waals surface area contributed by atoms with E-state index in [9.17, 15) is 14.7 Å². The zero-order chi connectivity index (χ0) is 20.6. The highest BCUT2D eigenvalue weighted by molar-refractivity contribution is 6.30. The summed E-state index contributed by atoms with van der Waals surface area (Å²) in [5, 5.41) is 10.9. The van der Waals surface area contributed by atoms with Gasteiger partial charge in [-0.1, -0.05) is 72.3 Å². The fourth-order valence-corrected chi connectivity index (χ4v) is 4.31. The number of nitrogens with zero attached hydrogens (tertiary/aromatic N) is 1. The normalized spacial score (nSPS) is 21.0. The van der Waals surface area contributed by atoms with Crippen LogP contribution in [-0.4, -0.2) is 21.9 Å². The first-order valence-corrected chi connectivity index (χ1v) is 9.74. The average Bonchev–Trinajstić information content (AvgIpc) is 2.73. The third kappa shape index (κ3) is 3.19. The van der Waals surface area contributed by atoms with Gasteiger partial charge in [-0.2, -0.15) is 0 Å². The van der Waals surface area contributed by atoms with E-state index in [0.717, 1.165) is 11.1 Å². The monoisotopic (exact) mass is 405 g/mol. The summed E-state index contributed by atoms with van der Waals surface area (Å²) < 4.78 is 0. The van der Waals surface area contributed by atoms with Crippen LogP contribution in [0, 0.1) is 0 Å². The van der Waals surface area contributed by atoms with Crippen molar-refractivity contribution in [1.82, 2.24) is 4.90 Å². The molecule has 0 bridgehead atoms. The largest absolute Gasteiger partial charge is 0.481 e. The molecule has 146 valence electrons. The number of carboxylic acid groups (broad SMARTS) is 1. The van der Waals surface area contributed by atoms with Crippen molar-refractivity contribution in [3.05, 3.63) is 106 Å². The summed E-state index contributed by atoms with van der Waals surface area (Å²) in [6.45, 7) is 2.00. The second kappa shape index (κ2) is 7.37. The van der Waals surface area contributed by atoms with Crippen LogP contribution >= 0.6 is 11.6 Å². The van der Waals surface area contributed by atoms with Crippen LogP contribution in [0.4, 0.5) is 0 Å². The van der Waals surface area contributed by atoms with E-state index in [1.54, 1.807) is 60.4 Å². The molecule has 0 aliphatic carbocycles. The lowest BCUT2D eigenvalue weighted by molar-refractivity contribution is -0.146. The highest BCUT2D eigenvalue weighted by Gasteiger charge is 2.53. The van der Waals surface area contributed by atoms with E-state index < -0.39 is 17.4 Å². The van der Waals surface area contributed by atoms with Crippen molar-refractivity contribution < 1.29 is 14.7 Å². The Labute approximate surface area is 174 Å². The number of fused-ring (bicyclic) bond motifs is 1. The summed E-state index contributed by atoms with van der Waals surface area (Å²) in [6.07, 6.45) is 0. The van der Waals surface area contributed by atoms with Crippen LogP contribution in [0.3, 0.4) is 0 Å². The molecule has 3 aromatic carbocycles. The molecule has 0 radical (unpaired) electrons. The molecule has 1 aliphatic heterocycles. The van der Waals surface area contributed by atoms with Gasteiger partial charge in [0, 0.05) is 17.1 Å². The van der Waals surface area contributed by atoms with E-state index in [1.165, 1.54) is 0 Å². The predicted octanol–water partition coefficient (Wildman–Crippen LogP) is 5.08. The van der Waals surface area contributed by atoms with Crippen LogP contribution in [0.2, 0.25) is 5.02 Å². The minimum absolute atomic E-state index is 0.178. The number of carbonyl (C=O) groups excluding carboxylic acids is 1. The van der Waals surface area contributed by atoms with Gasteiger partial charge in [-0.3, -0.25) is 9.59 Å². The molecule has 0 spiro atoms. The minimum atomic E-state index is -1.31. The molecule has 5 heteroatoms. The Morgan fingerprint density at radius 3 is 2.28 bits per heavy atom. The van der Waals surface area contributed by atoms with E-state index >= 15 is 0 Å². The maximum atomic E-state index is 13.5. The second-order valence-corrected chi connectivity index (χ2v) is 7.86. The topological polar surface area (TPSA) is 57.6 Å². The number of carboxylic acids is 1. The Morgan fingerprint density at radius 2 is 1.62 bits per heavy atom. The molecule has 0 fully saturated rings. The Hall–Kier alpha value is -3.11. The van der Waals surface area contributed by atoms with Gasteiger partial charge in [-0.25, -0.2) is 0 Å². The van der Waals surface area contributed by atoms with Gasteiger partial charge in [0.1, 0.15) is 5.41 Å². The van der Waals surface area contributed by atoms with Gasteiger partial charge in [0.05, 0.1) is 6.04 Å². The maximum Gasteiger partial charge on any atom is 0.316 e.